The van der Waals surface area contributed by atoms with Gasteiger partial charge in [-0.05, 0) is 13.8 Å². The summed E-state index contributed by atoms with van der Waals surface area (Å²) in [4.78, 5) is 13.6. The standard InChI is InChI=1S/C12H23N5O2/c1-10(2)16(3)12(18)9-17-8-11(14-15-17)7-13-5-6-19-4/h8,10,13H,5-7,9H2,1-4H3. The third-order valence-corrected chi connectivity index (χ3v) is 2.84. The smallest absolute Gasteiger partial charge is 0.244 e. The van der Waals surface area contributed by atoms with E-state index >= 15 is 0 Å². The van der Waals surface area contributed by atoms with E-state index < -0.39 is 0 Å². The second-order valence-electron chi connectivity index (χ2n) is 4.68. The number of nitrogens with zero attached hydrogens (tertiary/aromatic N) is 4. The SMILES string of the molecule is COCCNCc1cn(CC(=O)N(C)C(C)C)nn1. The van der Waals surface area contributed by atoms with Crippen LogP contribution in [0, 0.1) is 0 Å². The van der Waals surface area contributed by atoms with Crippen LogP contribution in [-0.4, -0.2) is 59.2 Å². The number of amides is 1. The van der Waals surface area contributed by atoms with Gasteiger partial charge in [0, 0.05) is 33.3 Å². The van der Waals surface area contributed by atoms with E-state index in [1.165, 1.54) is 0 Å². The molecule has 0 aromatic carbocycles. The number of carbonyl (C=O) groups is 1. The lowest BCUT2D eigenvalue weighted by Crippen LogP contribution is -2.35. The highest BCUT2D eigenvalue weighted by Crippen LogP contribution is 1.98. The molecule has 0 radical (unpaired) electrons. The first kappa shape index (κ1) is 15.6. The molecule has 0 saturated carbocycles. The molecule has 19 heavy (non-hydrogen) atoms. The molecule has 1 aromatic rings. The third-order valence-electron chi connectivity index (χ3n) is 2.84. The molecule has 7 heteroatoms. The van der Waals surface area contributed by atoms with Crippen molar-refractivity contribution in [3.05, 3.63) is 11.9 Å². The maximum absolute atomic E-state index is 11.9. The minimum Gasteiger partial charge on any atom is -0.383 e. The van der Waals surface area contributed by atoms with Gasteiger partial charge in [-0.3, -0.25) is 4.79 Å². The van der Waals surface area contributed by atoms with E-state index in [1.54, 1.807) is 29.9 Å². The van der Waals surface area contributed by atoms with Gasteiger partial charge in [0.1, 0.15) is 6.54 Å². The molecule has 0 saturated heterocycles. The molecule has 0 aliphatic heterocycles. The second kappa shape index (κ2) is 7.85. The molecule has 0 bridgehead atoms. The van der Waals surface area contributed by atoms with Gasteiger partial charge in [0.05, 0.1) is 18.5 Å². The normalized spacial score (nSPS) is 11.0. The summed E-state index contributed by atoms with van der Waals surface area (Å²) in [5.74, 6) is 0.0267. The zero-order chi connectivity index (χ0) is 14.3. The van der Waals surface area contributed by atoms with Gasteiger partial charge in [0.15, 0.2) is 0 Å². The van der Waals surface area contributed by atoms with Crippen LogP contribution in [0.2, 0.25) is 0 Å². The molecular formula is C12H23N5O2. The summed E-state index contributed by atoms with van der Waals surface area (Å²) in [6.07, 6.45) is 1.78. The fourth-order valence-electron chi connectivity index (χ4n) is 1.43. The number of hydrogen-bond donors (Lipinski definition) is 1. The van der Waals surface area contributed by atoms with Crippen LogP contribution >= 0.6 is 0 Å². The lowest BCUT2D eigenvalue weighted by molar-refractivity contribution is -0.132. The first-order chi connectivity index (χ1) is 9.04. The quantitative estimate of drug-likeness (QED) is 0.666. The van der Waals surface area contributed by atoms with Gasteiger partial charge in [-0.1, -0.05) is 5.21 Å². The van der Waals surface area contributed by atoms with E-state index in [4.69, 9.17) is 4.74 Å². The zero-order valence-corrected chi connectivity index (χ0v) is 12.1. The number of ether oxygens (including phenoxy) is 1. The molecule has 1 amide bonds. The molecular weight excluding hydrogens is 246 g/mol. The molecule has 7 nitrogen and oxygen atoms in total. The molecule has 1 aromatic heterocycles. The zero-order valence-electron chi connectivity index (χ0n) is 12.1. The lowest BCUT2D eigenvalue weighted by atomic mass is 10.3. The van der Waals surface area contributed by atoms with E-state index in [2.05, 4.69) is 15.6 Å². The molecule has 1 rings (SSSR count). The first-order valence-corrected chi connectivity index (χ1v) is 6.39. The Labute approximate surface area is 113 Å². The Hall–Kier alpha value is -1.47. The average molecular weight is 269 g/mol. The summed E-state index contributed by atoms with van der Waals surface area (Å²) in [5.41, 5.74) is 0.816. The molecule has 0 aliphatic rings. The number of likely N-dealkylation sites (N-methyl/N-ethyl adjacent to an activating group) is 1. The van der Waals surface area contributed by atoms with E-state index in [-0.39, 0.29) is 18.5 Å². The highest BCUT2D eigenvalue weighted by molar-refractivity contribution is 5.75. The maximum Gasteiger partial charge on any atom is 0.244 e. The fourth-order valence-corrected chi connectivity index (χ4v) is 1.43. The van der Waals surface area contributed by atoms with Crippen molar-refractivity contribution in [2.75, 3.05) is 27.3 Å². The van der Waals surface area contributed by atoms with Crippen molar-refractivity contribution in [2.45, 2.75) is 33.0 Å². The predicted molar refractivity (Wildman–Crippen MR) is 71.5 cm³/mol. The summed E-state index contributed by atoms with van der Waals surface area (Å²) < 4.78 is 6.50. The van der Waals surface area contributed by atoms with Crippen molar-refractivity contribution >= 4 is 5.91 Å². The van der Waals surface area contributed by atoms with Crippen LogP contribution in [-0.2, 0) is 22.6 Å². The van der Waals surface area contributed by atoms with E-state index in [9.17, 15) is 4.79 Å². The van der Waals surface area contributed by atoms with Crippen LogP contribution in [0.4, 0.5) is 0 Å². The van der Waals surface area contributed by atoms with E-state index in [0.717, 1.165) is 12.2 Å². The summed E-state index contributed by atoms with van der Waals surface area (Å²) in [7, 11) is 3.45. The highest BCUT2D eigenvalue weighted by Gasteiger charge is 2.13. The van der Waals surface area contributed by atoms with Crippen molar-refractivity contribution in [1.82, 2.24) is 25.2 Å². The van der Waals surface area contributed by atoms with Gasteiger partial charge in [-0.2, -0.15) is 0 Å². The number of hydrogen-bond acceptors (Lipinski definition) is 5. The molecule has 0 unspecified atom stereocenters. The van der Waals surface area contributed by atoms with Crippen molar-refractivity contribution < 1.29 is 9.53 Å². The third kappa shape index (κ3) is 5.35. The molecule has 0 spiro atoms. The van der Waals surface area contributed by atoms with Gasteiger partial charge in [-0.25, -0.2) is 4.68 Å². The Bertz CT molecular complexity index is 391. The molecule has 0 aliphatic carbocycles. The first-order valence-electron chi connectivity index (χ1n) is 6.39. The number of rotatable bonds is 8. The van der Waals surface area contributed by atoms with Gasteiger partial charge >= 0.3 is 0 Å². The van der Waals surface area contributed by atoms with Crippen LogP contribution in [0.3, 0.4) is 0 Å². The van der Waals surface area contributed by atoms with Crippen LogP contribution < -0.4 is 5.32 Å². The van der Waals surface area contributed by atoms with Crippen molar-refractivity contribution in [2.24, 2.45) is 0 Å². The number of nitrogens with one attached hydrogen (secondary N) is 1. The largest absolute Gasteiger partial charge is 0.383 e. The number of carbonyl (C=O) groups excluding carboxylic acids is 1. The average Bonchev–Trinajstić information content (AvgIpc) is 2.81. The summed E-state index contributed by atoms with van der Waals surface area (Å²) in [6, 6.07) is 0.186. The van der Waals surface area contributed by atoms with Gasteiger partial charge in [0.2, 0.25) is 5.91 Å². The summed E-state index contributed by atoms with van der Waals surface area (Å²) in [5, 5.41) is 11.1. The van der Waals surface area contributed by atoms with E-state index in [0.29, 0.717) is 13.2 Å². The Morgan fingerprint density at radius 1 is 1.58 bits per heavy atom. The molecule has 1 N–H and O–H groups in total. The predicted octanol–water partition coefficient (Wildman–Crippen LogP) is -0.119. The van der Waals surface area contributed by atoms with Crippen molar-refractivity contribution in [1.29, 1.82) is 0 Å². The lowest BCUT2D eigenvalue weighted by Gasteiger charge is -2.20. The van der Waals surface area contributed by atoms with Gasteiger partial charge < -0.3 is 15.0 Å². The van der Waals surface area contributed by atoms with Crippen molar-refractivity contribution in [3.8, 4) is 0 Å². The highest BCUT2D eigenvalue weighted by atomic mass is 16.5. The monoisotopic (exact) mass is 269 g/mol. The maximum atomic E-state index is 11.9. The van der Waals surface area contributed by atoms with Crippen LogP contribution in [0.1, 0.15) is 19.5 Å². The van der Waals surface area contributed by atoms with Crippen LogP contribution in [0.5, 0.6) is 0 Å². The van der Waals surface area contributed by atoms with E-state index in [1.807, 2.05) is 13.8 Å². The number of methoxy groups -OCH3 is 1. The van der Waals surface area contributed by atoms with Gasteiger partial charge in [-0.15, -0.1) is 5.10 Å². The van der Waals surface area contributed by atoms with Crippen LogP contribution in [0.15, 0.2) is 6.20 Å². The molecule has 0 fully saturated rings. The van der Waals surface area contributed by atoms with Gasteiger partial charge in [0.25, 0.3) is 0 Å². The molecule has 1 heterocycles. The summed E-state index contributed by atoms with van der Waals surface area (Å²) in [6.45, 7) is 6.22. The Morgan fingerprint density at radius 3 is 2.95 bits per heavy atom. The second-order valence-corrected chi connectivity index (χ2v) is 4.68. The molecule has 108 valence electrons. The number of aromatic nitrogens is 3. The summed E-state index contributed by atoms with van der Waals surface area (Å²) >= 11 is 0. The Morgan fingerprint density at radius 2 is 2.32 bits per heavy atom. The van der Waals surface area contributed by atoms with Crippen molar-refractivity contribution in [3.63, 3.8) is 0 Å². The molecule has 0 atom stereocenters. The van der Waals surface area contributed by atoms with Crippen LogP contribution in [0.25, 0.3) is 0 Å². The minimum atomic E-state index is 0.0267. The Balaban J connectivity index is 2.40. The topological polar surface area (TPSA) is 72.3 Å². The Kier molecular flexibility index (Phi) is 6.44. The fraction of sp³-hybridized carbons (Fsp3) is 0.750. The minimum absolute atomic E-state index is 0.0267.